The topological polar surface area (TPSA) is 6.48 Å². The summed E-state index contributed by atoms with van der Waals surface area (Å²) in [5.41, 5.74) is 0. The van der Waals surface area contributed by atoms with E-state index < -0.39 is 0 Å². The predicted molar refractivity (Wildman–Crippen MR) is 84.1 cm³/mol. The summed E-state index contributed by atoms with van der Waals surface area (Å²) in [4.78, 5) is 4.75. The van der Waals surface area contributed by atoms with Crippen molar-refractivity contribution in [1.29, 1.82) is 0 Å². The zero-order valence-corrected chi connectivity index (χ0v) is 15.7. The molecule has 0 aromatic carbocycles. The maximum Gasteiger partial charge on any atom is 1.00 e. The van der Waals surface area contributed by atoms with Crippen LogP contribution in [-0.4, -0.2) is 46.8 Å². The first-order valence-corrected chi connectivity index (χ1v) is 7.80. The Morgan fingerprint density at radius 3 is 2.17 bits per heavy atom. The summed E-state index contributed by atoms with van der Waals surface area (Å²) in [6, 6.07) is 0. The molecule has 0 atom stereocenters. The van der Waals surface area contributed by atoms with Crippen LogP contribution in [0.4, 0.5) is 0 Å². The summed E-state index contributed by atoms with van der Waals surface area (Å²) < 4.78 is 0.754. The Hall–Kier alpha value is 1.20. The second-order valence-electron chi connectivity index (χ2n) is 4.88. The summed E-state index contributed by atoms with van der Waals surface area (Å²) in [5.74, 6) is 0. The van der Waals surface area contributed by atoms with Crippen molar-refractivity contribution in [3.63, 3.8) is 0 Å². The molecule has 1 saturated heterocycles. The first kappa shape index (κ1) is 19.2. The predicted octanol–water partition coefficient (Wildman–Crippen LogP) is 0.296. The van der Waals surface area contributed by atoms with Crippen LogP contribution >= 0.6 is 24.8 Å². The van der Waals surface area contributed by atoms with Gasteiger partial charge < -0.3 is 6.33 Å². The molecule has 1 aliphatic heterocycles. The van der Waals surface area contributed by atoms with Crippen LogP contribution in [-0.2, 0) is 0 Å². The average molecular weight is 298 g/mol. The van der Waals surface area contributed by atoms with Gasteiger partial charge in [0, 0.05) is 26.2 Å². The molecule has 0 amide bonds. The van der Waals surface area contributed by atoms with Gasteiger partial charge in [0.15, 0.2) is 0 Å². The van der Waals surface area contributed by atoms with Crippen LogP contribution in [0.5, 0.6) is 0 Å². The van der Waals surface area contributed by atoms with Crippen molar-refractivity contribution in [3.05, 3.63) is 0 Å². The Balaban J connectivity index is 0. The molecule has 1 heterocycles. The summed E-state index contributed by atoms with van der Waals surface area (Å²) in [6.07, 6.45) is 8.32. The first-order valence-electron chi connectivity index (χ1n) is 6.94. The van der Waals surface area contributed by atoms with E-state index in [-0.39, 0.29) is 31.0 Å². The number of hydrogen-bond donors (Lipinski definition) is 1. The van der Waals surface area contributed by atoms with E-state index in [9.17, 15) is 0 Å². The van der Waals surface area contributed by atoms with Gasteiger partial charge in [0.05, 0.1) is 0 Å². The molecule has 2 nitrogen and oxygen atoms in total. The SMILES string of the molecule is CCCCCCCCN1CCN(C(=S)S)CC1.[H-].[Na+]. The van der Waals surface area contributed by atoms with Crippen LogP contribution in [0, 0.1) is 0 Å². The van der Waals surface area contributed by atoms with Crippen molar-refractivity contribution >= 4 is 29.2 Å². The summed E-state index contributed by atoms with van der Waals surface area (Å²) >= 11 is 9.30. The number of thiol groups is 1. The minimum atomic E-state index is 0. The zero-order chi connectivity index (χ0) is 12.5. The monoisotopic (exact) mass is 298 g/mol. The third kappa shape index (κ3) is 8.39. The molecule has 0 aromatic heterocycles. The number of rotatable bonds is 7. The van der Waals surface area contributed by atoms with Crippen LogP contribution in [0.2, 0.25) is 0 Å². The second kappa shape index (κ2) is 12.0. The van der Waals surface area contributed by atoms with Crippen LogP contribution in [0.25, 0.3) is 0 Å². The molecule has 0 aromatic rings. The summed E-state index contributed by atoms with van der Waals surface area (Å²) in [6.45, 7) is 7.94. The van der Waals surface area contributed by atoms with Crippen molar-refractivity contribution < 1.29 is 31.0 Å². The van der Waals surface area contributed by atoms with Gasteiger partial charge in [-0.25, -0.2) is 0 Å². The number of hydrogen-bond acceptors (Lipinski definition) is 2. The maximum absolute atomic E-state index is 5.07. The van der Waals surface area contributed by atoms with E-state index in [1.54, 1.807) is 0 Å². The Morgan fingerprint density at radius 1 is 1.06 bits per heavy atom. The van der Waals surface area contributed by atoms with Crippen LogP contribution < -0.4 is 29.6 Å². The van der Waals surface area contributed by atoms with Crippen molar-refractivity contribution in [3.8, 4) is 0 Å². The molecular weight excluding hydrogens is 271 g/mol. The molecule has 1 rings (SSSR count). The van der Waals surface area contributed by atoms with Gasteiger partial charge >= 0.3 is 29.6 Å². The Labute approximate surface area is 147 Å². The molecule has 0 radical (unpaired) electrons. The van der Waals surface area contributed by atoms with Crippen molar-refractivity contribution in [1.82, 2.24) is 9.80 Å². The van der Waals surface area contributed by atoms with E-state index in [0.29, 0.717) is 0 Å². The van der Waals surface area contributed by atoms with E-state index >= 15 is 0 Å². The molecule has 0 unspecified atom stereocenters. The Kier molecular flexibility index (Phi) is 12.8. The van der Waals surface area contributed by atoms with Gasteiger partial charge in [0.25, 0.3) is 0 Å². The minimum Gasteiger partial charge on any atom is -1.00 e. The van der Waals surface area contributed by atoms with Gasteiger partial charge in [-0.3, -0.25) is 4.90 Å². The van der Waals surface area contributed by atoms with Gasteiger partial charge in [-0.1, -0.05) is 51.2 Å². The number of unbranched alkanes of at least 4 members (excludes halogenated alkanes) is 5. The smallest absolute Gasteiger partial charge is 1.00 e. The molecule has 1 fully saturated rings. The molecule has 102 valence electrons. The van der Waals surface area contributed by atoms with Gasteiger partial charge in [0.2, 0.25) is 0 Å². The summed E-state index contributed by atoms with van der Waals surface area (Å²) in [5, 5.41) is 0. The van der Waals surface area contributed by atoms with Gasteiger partial charge in [-0.2, -0.15) is 0 Å². The zero-order valence-electron chi connectivity index (χ0n) is 13.0. The fourth-order valence-corrected chi connectivity index (χ4v) is 2.66. The first-order chi connectivity index (χ1) is 8.24. The van der Waals surface area contributed by atoms with Crippen molar-refractivity contribution in [2.75, 3.05) is 32.7 Å². The molecule has 0 N–H and O–H groups in total. The average Bonchev–Trinajstić information content (AvgIpc) is 2.34. The van der Waals surface area contributed by atoms with Gasteiger partial charge in [-0.05, 0) is 13.0 Å². The van der Waals surface area contributed by atoms with E-state index in [2.05, 4.69) is 29.4 Å². The molecule has 0 saturated carbocycles. The maximum atomic E-state index is 5.07. The third-order valence-electron chi connectivity index (χ3n) is 3.47. The Morgan fingerprint density at radius 2 is 1.61 bits per heavy atom. The second-order valence-corrected chi connectivity index (χ2v) is 5.99. The number of thiocarbonyl (C=S) groups is 1. The minimum absolute atomic E-state index is 0. The quantitative estimate of drug-likeness (QED) is 0.313. The van der Waals surface area contributed by atoms with E-state index in [0.717, 1.165) is 30.5 Å². The van der Waals surface area contributed by atoms with E-state index in [1.165, 1.54) is 45.1 Å². The van der Waals surface area contributed by atoms with Crippen LogP contribution in [0.3, 0.4) is 0 Å². The molecular formula is C13H27N2NaS2. The number of piperazine rings is 1. The fourth-order valence-electron chi connectivity index (χ4n) is 2.28. The van der Waals surface area contributed by atoms with Crippen LogP contribution in [0.15, 0.2) is 0 Å². The van der Waals surface area contributed by atoms with Gasteiger partial charge in [0.1, 0.15) is 4.32 Å². The Bertz CT molecular complexity index is 225. The molecule has 0 spiro atoms. The summed E-state index contributed by atoms with van der Waals surface area (Å²) in [7, 11) is 0. The molecule has 1 aliphatic rings. The number of nitrogens with zero attached hydrogens (tertiary/aromatic N) is 2. The molecule has 5 heteroatoms. The van der Waals surface area contributed by atoms with E-state index in [1.807, 2.05) is 0 Å². The molecule has 0 aliphatic carbocycles. The molecule has 18 heavy (non-hydrogen) atoms. The molecule has 0 bridgehead atoms. The fraction of sp³-hybridized carbons (Fsp3) is 0.923. The van der Waals surface area contributed by atoms with Gasteiger partial charge in [-0.15, -0.1) is 12.6 Å². The third-order valence-corrected chi connectivity index (χ3v) is 4.01. The van der Waals surface area contributed by atoms with Crippen molar-refractivity contribution in [2.45, 2.75) is 45.4 Å². The standard InChI is InChI=1S/C13H26N2S2.Na.H/c1-2-3-4-5-6-7-8-14-9-11-15(12-10-14)13(16)17;;/h2-12H2,1H3,(H,16,17);;/q;+1;-1. The largest absolute Gasteiger partial charge is 1.00 e. The van der Waals surface area contributed by atoms with Crippen LogP contribution in [0.1, 0.15) is 46.9 Å². The van der Waals surface area contributed by atoms with Crippen molar-refractivity contribution in [2.24, 2.45) is 0 Å². The van der Waals surface area contributed by atoms with E-state index in [4.69, 9.17) is 12.2 Å². The normalized spacial score (nSPS) is 16.4.